The lowest BCUT2D eigenvalue weighted by atomic mass is 10.2. The van der Waals surface area contributed by atoms with Crippen LogP contribution in [0.25, 0.3) is 0 Å². The summed E-state index contributed by atoms with van der Waals surface area (Å²) < 4.78 is 1.81. The number of hydrogen-bond donors (Lipinski definition) is 1. The van der Waals surface area contributed by atoms with Gasteiger partial charge >= 0.3 is 0 Å². The second-order valence-corrected chi connectivity index (χ2v) is 5.05. The van der Waals surface area contributed by atoms with Crippen LogP contribution in [0.5, 0.6) is 0 Å². The number of amides is 1. The molecule has 0 aliphatic rings. The van der Waals surface area contributed by atoms with Gasteiger partial charge in [0, 0.05) is 12.7 Å². The number of nitrogens with one attached hydrogen (secondary N) is 1. The fourth-order valence-electron chi connectivity index (χ4n) is 1.76. The average molecular weight is 298 g/mol. The molecule has 0 fully saturated rings. The van der Waals surface area contributed by atoms with Crippen LogP contribution < -0.4 is 5.32 Å². The SMILES string of the molecule is Cc1cc(Cl)nc(Cl)c1NC(=O)c1ccc(C)n1C. The first kappa shape index (κ1) is 13.9. The van der Waals surface area contributed by atoms with Crippen LogP contribution in [0.3, 0.4) is 0 Å². The molecule has 0 atom stereocenters. The smallest absolute Gasteiger partial charge is 0.272 e. The molecule has 0 radical (unpaired) electrons. The van der Waals surface area contributed by atoms with Crippen molar-refractivity contribution in [3.63, 3.8) is 0 Å². The molecule has 0 aliphatic heterocycles. The maximum Gasteiger partial charge on any atom is 0.272 e. The first-order valence-corrected chi connectivity index (χ1v) is 6.42. The molecular weight excluding hydrogens is 285 g/mol. The van der Waals surface area contributed by atoms with E-state index in [1.165, 1.54) is 0 Å². The minimum atomic E-state index is -0.232. The molecule has 2 rings (SSSR count). The maximum atomic E-state index is 12.2. The van der Waals surface area contributed by atoms with Crippen LogP contribution in [-0.4, -0.2) is 15.5 Å². The van der Waals surface area contributed by atoms with Crippen LogP contribution in [-0.2, 0) is 7.05 Å². The second-order valence-electron chi connectivity index (χ2n) is 4.30. The molecule has 0 aliphatic carbocycles. The minimum Gasteiger partial charge on any atom is -0.344 e. The highest BCUT2D eigenvalue weighted by Gasteiger charge is 2.15. The third-order valence-corrected chi connectivity index (χ3v) is 3.45. The lowest BCUT2D eigenvalue weighted by Crippen LogP contribution is -2.17. The quantitative estimate of drug-likeness (QED) is 0.861. The summed E-state index contributed by atoms with van der Waals surface area (Å²) in [5.41, 5.74) is 2.81. The summed E-state index contributed by atoms with van der Waals surface area (Å²) in [6.45, 7) is 3.74. The van der Waals surface area contributed by atoms with Gasteiger partial charge in [0.25, 0.3) is 5.91 Å². The number of pyridine rings is 1. The van der Waals surface area contributed by atoms with Crippen LogP contribution in [0.15, 0.2) is 18.2 Å². The van der Waals surface area contributed by atoms with E-state index in [9.17, 15) is 4.79 Å². The van der Waals surface area contributed by atoms with Gasteiger partial charge in [0.05, 0.1) is 5.69 Å². The van der Waals surface area contributed by atoms with Crippen molar-refractivity contribution >= 4 is 34.8 Å². The van der Waals surface area contributed by atoms with Crippen molar-refractivity contribution < 1.29 is 4.79 Å². The molecule has 2 aromatic rings. The molecule has 0 bridgehead atoms. The van der Waals surface area contributed by atoms with Gasteiger partial charge in [-0.1, -0.05) is 23.2 Å². The van der Waals surface area contributed by atoms with Gasteiger partial charge in [-0.15, -0.1) is 0 Å². The lowest BCUT2D eigenvalue weighted by Gasteiger charge is -2.11. The Morgan fingerprint density at radius 3 is 2.53 bits per heavy atom. The van der Waals surface area contributed by atoms with E-state index in [0.717, 1.165) is 11.3 Å². The van der Waals surface area contributed by atoms with E-state index in [-0.39, 0.29) is 11.1 Å². The number of carbonyl (C=O) groups is 1. The number of hydrogen-bond acceptors (Lipinski definition) is 2. The Morgan fingerprint density at radius 2 is 2.00 bits per heavy atom. The van der Waals surface area contributed by atoms with E-state index in [0.29, 0.717) is 16.5 Å². The Bertz CT molecular complexity index is 626. The molecule has 100 valence electrons. The second kappa shape index (κ2) is 5.23. The number of nitrogens with zero attached hydrogens (tertiary/aromatic N) is 2. The third-order valence-electron chi connectivity index (χ3n) is 2.99. The maximum absolute atomic E-state index is 12.2. The first-order valence-electron chi connectivity index (χ1n) is 5.66. The number of anilines is 1. The van der Waals surface area contributed by atoms with Gasteiger partial charge in [-0.2, -0.15) is 0 Å². The lowest BCUT2D eigenvalue weighted by molar-refractivity contribution is 0.101. The largest absolute Gasteiger partial charge is 0.344 e. The van der Waals surface area contributed by atoms with Crippen molar-refractivity contribution in [2.45, 2.75) is 13.8 Å². The van der Waals surface area contributed by atoms with Gasteiger partial charge in [0.1, 0.15) is 10.8 Å². The summed E-state index contributed by atoms with van der Waals surface area (Å²) in [5, 5.41) is 3.25. The van der Waals surface area contributed by atoms with E-state index in [2.05, 4.69) is 10.3 Å². The molecule has 4 nitrogen and oxygen atoms in total. The average Bonchev–Trinajstić information content (AvgIpc) is 2.64. The van der Waals surface area contributed by atoms with Crippen LogP contribution in [0.4, 0.5) is 5.69 Å². The summed E-state index contributed by atoms with van der Waals surface area (Å²) in [5.74, 6) is -0.232. The van der Waals surface area contributed by atoms with Gasteiger partial charge in [-0.3, -0.25) is 4.79 Å². The number of carbonyl (C=O) groups excluding carboxylic acids is 1. The molecule has 0 unspecified atom stereocenters. The molecule has 0 aromatic carbocycles. The molecule has 1 amide bonds. The van der Waals surface area contributed by atoms with Gasteiger partial charge in [0.15, 0.2) is 5.15 Å². The normalized spacial score (nSPS) is 10.6. The first-order chi connectivity index (χ1) is 8.90. The highest BCUT2D eigenvalue weighted by molar-refractivity contribution is 6.35. The Labute approximate surface area is 121 Å². The molecule has 0 spiro atoms. The van der Waals surface area contributed by atoms with Crippen LogP contribution >= 0.6 is 23.2 Å². The molecule has 6 heteroatoms. The van der Waals surface area contributed by atoms with Gasteiger partial charge in [-0.05, 0) is 37.6 Å². The highest BCUT2D eigenvalue weighted by Crippen LogP contribution is 2.27. The number of rotatable bonds is 2. The standard InChI is InChI=1S/C13H13Cl2N3O/c1-7-6-10(14)16-12(15)11(7)17-13(19)9-5-4-8(2)18(9)3/h4-6H,1-3H3,(H,17,19). The summed E-state index contributed by atoms with van der Waals surface area (Å²) in [4.78, 5) is 16.1. The van der Waals surface area contributed by atoms with Crippen LogP contribution in [0.2, 0.25) is 10.3 Å². The Kier molecular flexibility index (Phi) is 3.83. The Balaban J connectivity index is 2.32. The van der Waals surface area contributed by atoms with E-state index in [4.69, 9.17) is 23.2 Å². The monoisotopic (exact) mass is 297 g/mol. The zero-order valence-corrected chi connectivity index (χ0v) is 12.3. The van der Waals surface area contributed by atoms with Crippen molar-refractivity contribution in [3.05, 3.63) is 45.5 Å². The van der Waals surface area contributed by atoms with E-state index in [1.54, 1.807) is 12.1 Å². The van der Waals surface area contributed by atoms with Crippen molar-refractivity contribution in [2.24, 2.45) is 7.05 Å². The third kappa shape index (κ3) is 2.74. The number of aromatic nitrogens is 2. The van der Waals surface area contributed by atoms with E-state index in [1.807, 2.05) is 31.5 Å². The fourth-order valence-corrected chi connectivity index (χ4v) is 2.34. The zero-order valence-electron chi connectivity index (χ0n) is 10.8. The minimum absolute atomic E-state index is 0.185. The molecular formula is C13H13Cl2N3O. The van der Waals surface area contributed by atoms with Gasteiger partial charge < -0.3 is 9.88 Å². The summed E-state index contributed by atoms with van der Waals surface area (Å²) in [6.07, 6.45) is 0. The molecule has 0 saturated carbocycles. The molecule has 19 heavy (non-hydrogen) atoms. The highest BCUT2D eigenvalue weighted by atomic mass is 35.5. The van der Waals surface area contributed by atoms with E-state index < -0.39 is 0 Å². The number of aryl methyl sites for hydroxylation is 2. The predicted molar refractivity (Wildman–Crippen MR) is 77.1 cm³/mol. The van der Waals surface area contributed by atoms with Crippen molar-refractivity contribution in [1.29, 1.82) is 0 Å². The Hall–Kier alpha value is -1.52. The predicted octanol–water partition coefficient (Wildman–Crippen LogP) is 3.60. The van der Waals surface area contributed by atoms with Crippen molar-refractivity contribution in [3.8, 4) is 0 Å². The topological polar surface area (TPSA) is 46.9 Å². The summed E-state index contributed by atoms with van der Waals surface area (Å²) in [7, 11) is 1.83. The fraction of sp³-hybridized carbons (Fsp3) is 0.231. The Morgan fingerprint density at radius 1 is 1.32 bits per heavy atom. The van der Waals surface area contributed by atoms with Crippen molar-refractivity contribution in [1.82, 2.24) is 9.55 Å². The van der Waals surface area contributed by atoms with E-state index >= 15 is 0 Å². The number of halogens is 2. The zero-order chi connectivity index (χ0) is 14.2. The molecule has 0 saturated heterocycles. The van der Waals surface area contributed by atoms with Crippen LogP contribution in [0, 0.1) is 13.8 Å². The molecule has 1 N–H and O–H groups in total. The molecule has 2 aromatic heterocycles. The summed E-state index contributed by atoms with van der Waals surface area (Å²) >= 11 is 11.8. The van der Waals surface area contributed by atoms with Crippen LogP contribution in [0.1, 0.15) is 21.7 Å². The molecule has 2 heterocycles. The van der Waals surface area contributed by atoms with Gasteiger partial charge in [0.2, 0.25) is 0 Å². The van der Waals surface area contributed by atoms with Gasteiger partial charge in [-0.25, -0.2) is 4.98 Å². The summed E-state index contributed by atoms with van der Waals surface area (Å²) in [6, 6.07) is 5.29. The van der Waals surface area contributed by atoms with Crippen molar-refractivity contribution in [2.75, 3.05) is 5.32 Å².